The highest BCUT2D eigenvalue weighted by atomic mass is 35.5. The number of halogens is 1. The molecular formula is C10H17ClN2O. The molecule has 1 atom stereocenters. The standard InChI is InChI=1S/C10H17ClN2O/c1-4-8-10(11)9(6-7(3)14)13(5-2)12-8/h7,14H,4-6H2,1-3H3. The highest BCUT2D eigenvalue weighted by molar-refractivity contribution is 6.31. The van der Waals surface area contributed by atoms with E-state index in [0.29, 0.717) is 6.42 Å². The highest BCUT2D eigenvalue weighted by Crippen LogP contribution is 2.22. The van der Waals surface area contributed by atoms with Crippen LogP contribution in [0.2, 0.25) is 5.02 Å². The average molecular weight is 217 g/mol. The number of hydrogen-bond acceptors (Lipinski definition) is 2. The molecule has 0 saturated carbocycles. The van der Waals surface area contributed by atoms with Crippen molar-refractivity contribution in [1.82, 2.24) is 9.78 Å². The van der Waals surface area contributed by atoms with Crippen molar-refractivity contribution in [2.45, 2.75) is 46.3 Å². The molecule has 0 aliphatic heterocycles. The second-order valence-electron chi connectivity index (χ2n) is 3.43. The van der Waals surface area contributed by atoms with E-state index in [2.05, 4.69) is 5.10 Å². The number of aliphatic hydroxyl groups excluding tert-OH is 1. The van der Waals surface area contributed by atoms with Crippen molar-refractivity contribution in [1.29, 1.82) is 0 Å². The lowest BCUT2D eigenvalue weighted by atomic mass is 10.2. The number of aromatic nitrogens is 2. The summed E-state index contributed by atoms with van der Waals surface area (Å²) in [6.45, 7) is 6.60. The Kier molecular flexibility index (Phi) is 3.96. The molecule has 14 heavy (non-hydrogen) atoms. The van der Waals surface area contributed by atoms with Gasteiger partial charge >= 0.3 is 0 Å². The quantitative estimate of drug-likeness (QED) is 0.837. The van der Waals surface area contributed by atoms with E-state index in [9.17, 15) is 5.11 Å². The van der Waals surface area contributed by atoms with Crippen LogP contribution < -0.4 is 0 Å². The Morgan fingerprint density at radius 1 is 1.50 bits per heavy atom. The molecule has 0 spiro atoms. The summed E-state index contributed by atoms with van der Waals surface area (Å²) in [4.78, 5) is 0. The first-order valence-corrected chi connectivity index (χ1v) is 5.40. The van der Waals surface area contributed by atoms with Gasteiger partial charge in [0.1, 0.15) is 0 Å². The van der Waals surface area contributed by atoms with Crippen LogP contribution in [0.3, 0.4) is 0 Å². The number of aliphatic hydroxyl groups is 1. The van der Waals surface area contributed by atoms with E-state index in [1.807, 2.05) is 18.5 Å². The van der Waals surface area contributed by atoms with Crippen molar-refractivity contribution in [3.8, 4) is 0 Å². The minimum atomic E-state index is -0.376. The Morgan fingerprint density at radius 2 is 2.14 bits per heavy atom. The molecule has 4 heteroatoms. The van der Waals surface area contributed by atoms with Gasteiger partial charge in [-0.2, -0.15) is 5.10 Å². The topological polar surface area (TPSA) is 38.0 Å². The SMILES string of the molecule is CCc1nn(CC)c(CC(C)O)c1Cl. The van der Waals surface area contributed by atoms with E-state index < -0.39 is 0 Å². The molecule has 3 nitrogen and oxygen atoms in total. The van der Waals surface area contributed by atoms with Crippen molar-refractivity contribution in [3.63, 3.8) is 0 Å². The van der Waals surface area contributed by atoms with Gasteiger partial charge < -0.3 is 5.11 Å². The zero-order valence-corrected chi connectivity index (χ0v) is 9.67. The third-order valence-corrected chi connectivity index (χ3v) is 2.62. The minimum absolute atomic E-state index is 0.376. The number of aryl methyl sites for hydroxylation is 2. The average Bonchev–Trinajstić information content (AvgIpc) is 2.43. The fourth-order valence-electron chi connectivity index (χ4n) is 1.49. The van der Waals surface area contributed by atoms with Crippen LogP contribution in [-0.4, -0.2) is 21.0 Å². The zero-order valence-electron chi connectivity index (χ0n) is 8.92. The van der Waals surface area contributed by atoms with Crippen LogP contribution in [0.15, 0.2) is 0 Å². The molecule has 80 valence electrons. The summed E-state index contributed by atoms with van der Waals surface area (Å²) in [5, 5.41) is 14.4. The maximum absolute atomic E-state index is 9.33. The van der Waals surface area contributed by atoms with E-state index in [1.54, 1.807) is 6.92 Å². The van der Waals surface area contributed by atoms with Gasteiger partial charge in [0.15, 0.2) is 0 Å². The second kappa shape index (κ2) is 4.80. The normalized spacial score (nSPS) is 13.2. The largest absolute Gasteiger partial charge is 0.393 e. The number of rotatable bonds is 4. The Bertz CT molecular complexity index is 307. The lowest BCUT2D eigenvalue weighted by Gasteiger charge is -2.06. The first-order valence-electron chi connectivity index (χ1n) is 5.02. The van der Waals surface area contributed by atoms with Crippen molar-refractivity contribution in [3.05, 3.63) is 16.4 Å². The Balaban J connectivity index is 3.04. The summed E-state index contributed by atoms with van der Waals surface area (Å²) < 4.78 is 1.87. The first kappa shape index (κ1) is 11.5. The van der Waals surface area contributed by atoms with Gasteiger partial charge in [-0.3, -0.25) is 4.68 Å². The van der Waals surface area contributed by atoms with Gasteiger partial charge in [-0.05, 0) is 20.3 Å². The van der Waals surface area contributed by atoms with Crippen LogP contribution in [0.1, 0.15) is 32.2 Å². The van der Waals surface area contributed by atoms with Gasteiger partial charge in [-0.1, -0.05) is 18.5 Å². The molecule has 1 N–H and O–H groups in total. The summed E-state index contributed by atoms with van der Waals surface area (Å²) in [7, 11) is 0. The van der Waals surface area contributed by atoms with E-state index in [1.165, 1.54) is 0 Å². The van der Waals surface area contributed by atoms with Crippen molar-refractivity contribution in [2.75, 3.05) is 0 Å². The molecular weight excluding hydrogens is 200 g/mol. The Morgan fingerprint density at radius 3 is 2.57 bits per heavy atom. The molecule has 0 amide bonds. The summed E-state index contributed by atoms with van der Waals surface area (Å²) in [5.74, 6) is 0. The van der Waals surface area contributed by atoms with Crippen molar-refractivity contribution < 1.29 is 5.11 Å². The van der Waals surface area contributed by atoms with Gasteiger partial charge in [0, 0.05) is 13.0 Å². The number of nitrogens with zero attached hydrogens (tertiary/aromatic N) is 2. The van der Waals surface area contributed by atoms with Gasteiger partial charge in [0.25, 0.3) is 0 Å². The smallest absolute Gasteiger partial charge is 0.0850 e. The molecule has 0 radical (unpaired) electrons. The van der Waals surface area contributed by atoms with Crippen LogP contribution in [0.4, 0.5) is 0 Å². The molecule has 1 aromatic rings. The molecule has 1 rings (SSSR count). The third kappa shape index (κ3) is 2.28. The van der Waals surface area contributed by atoms with E-state index in [-0.39, 0.29) is 6.10 Å². The van der Waals surface area contributed by atoms with Crippen LogP contribution >= 0.6 is 11.6 Å². The molecule has 0 fully saturated rings. The summed E-state index contributed by atoms with van der Waals surface area (Å²) >= 11 is 6.16. The monoisotopic (exact) mass is 216 g/mol. The predicted octanol–water partition coefficient (Wildman–Crippen LogP) is 2.04. The van der Waals surface area contributed by atoms with Crippen molar-refractivity contribution in [2.24, 2.45) is 0 Å². The molecule has 0 aliphatic carbocycles. The highest BCUT2D eigenvalue weighted by Gasteiger charge is 2.15. The molecule has 0 saturated heterocycles. The maximum Gasteiger partial charge on any atom is 0.0850 e. The van der Waals surface area contributed by atoms with E-state index in [0.717, 1.165) is 29.4 Å². The zero-order chi connectivity index (χ0) is 10.7. The van der Waals surface area contributed by atoms with Gasteiger partial charge in [0.2, 0.25) is 0 Å². The first-order chi connectivity index (χ1) is 6.60. The molecule has 0 aliphatic rings. The lowest BCUT2D eigenvalue weighted by molar-refractivity contribution is 0.192. The van der Waals surface area contributed by atoms with Crippen LogP contribution in [-0.2, 0) is 19.4 Å². The van der Waals surface area contributed by atoms with Crippen LogP contribution in [0.25, 0.3) is 0 Å². The fraction of sp³-hybridized carbons (Fsp3) is 0.700. The number of hydrogen-bond donors (Lipinski definition) is 1. The molecule has 0 bridgehead atoms. The van der Waals surface area contributed by atoms with E-state index >= 15 is 0 Å². The van der Waals surface area contributed by atoms with Crippen molar-refractivity contribution >= 4 is 11.6 Å². The predicted molar refractivity (Wildman–Crippen MR) is 57.7 cm³/mol. The second-order valence-corrected chi connectivity index (χ2v) is 3.81. The van der Waals surface area contributed by atoms with Gasteiger partial charge in [-0.15, -0.1) is 0 Å². The fourth-order valence-corrected chi connectivity index (χ4v) is 1.84. The van der Waals surface area contributed by atoms with Gasteiger partial charge in [-0.25, -0.2) is 0 Å². The van der Waals surface area contributed by atoms with Crippen LogP contribution in [0, 0.1) is 0 Å². The minimum Gasteiger partial charge on any atom is -0.393 e. The summed E-state index contributed by atoms with van der Waals surface area (Å²) in [6.07, 6.45) is 1.03. The molecule has 0 aromatic carbocycles. The summed E-state index contributed by atoms with van der Waals surface area (Å²) in [5.41, 5.74) is 1.87. The summed E-state index contributed by atoms with van der Waals surface area (Å²) in [6, 6.07) is 0. The lowest BCUT2D eigenvalue weighted by Crippen LogP contribution is -2.10. The third-order valence-electron chi connectivity index (χ3n) is 2.18. The maximum atomic E-state index is 9.33. The Hall–Kier alpha value is -0.540. The van der Waals surface area contributed by atoms with Crippen LogP contribution in [0.5, 0.6) is 0 Å². The van der Waals surface area contributed by atoms with Gasteiger partial charge in [0.05, 0.1) is 22.5 Å². The molecule has 1 unspecified atom stereocenters. The van der Waals surface area contributed by atoms with E-state index in [4.69, 9.17) is 11.6 Å². The Labute approximate surface area is 89.7 Å². The molecule has 1 heterocycles. The molecule has 1 aromatic heterocycles.